The fraction of sp³-hybridized carbons (Fsp3) is 0.278. The van der Waals surface area contributed by atoms with Gasteiger partial charge in [-0.3, -0.25) is 4.79 Å². The number of nitrogens with one attached hydrogen (secondary N) is 1. The molecule has 0 unspecified atom stereocenters. The van der Waals surface area contributed by atoms with Crippen LogP contribution in [0.5, 0.6) is 11.5 Å². The maximum atomic E-state index is 13.2. The van der Waals surface area contributed by atoms with Gasteiger partial charge in [-0.15, -0.1) is 11.8 Å². The first-order valence-electron chi connectivity index (χ1n) is 7.82. The predicted molar refractivity (Wildman–Crippen MR) is 91.7 cm³/mol. The molecule has 1 fully saturated rings. The number of benzene rings is 2. The van der Waals surface area contributed by atoms with Gasteiger partial charge in [-0.2, -0.15) is 0 Å². The van der Waals surface area contributed by atoms with Gasteiger partial charge in [0.25, 0.3) is 0 Å². The summed E-state index contributed by atoms with van der Waals surface area (Å²) in [5.41, 5.74) is 0.805. The molecule has 1 aliphatic rings. The Kier molecular flexibility index (Phi) is 5.55. The van der Waals surface area contributed by atoms with Crippen LogP contribution in [0.25, 0.3) is 0 Å². The Labute approximate surface area is 148 Å². The number of ether oxygens (including phenoxy) is 1. The Hall–Kier alpha value is -2.12. The number of aliphatic hydroxyl groups excluding tert-OH is 1. The zero-order valence-corrected chi connectivity index (χ0v) is 14.1. The number of halogens is 2. The van der Waals surface area contributed by atoms with E-state index in [1.54, 1.807) is 24.3 Å². The summed E-state index contributed by atoms with van der Waals surface area (Å²) in [4.78, 5) is 12.3. The predicted octanol–water partition coefficient (Wildman–Crippen LogP) is 3.41. The highest BCUT2D eigenvalue weighted by Gasteiger charge is 2.27. The molecule has 7 heteroatoms. The average molecular weight is 365 g/mol. The minimum absolute atomic E-state index is 0.0672. The summed E-state index contributed by atoms with van der Waals surface area (Å²) in [7, 11) is 0. The van der Waals surface area contributed by atoms with Crippen molar-refractivity contribution in [2.24, 2.45) is 0 Å². The number of aliphatic hydroxyl groups is 1. The number of rotatable bonds is 4. The van der Waals surface area contributed by atoms with Crippen molar-refractivity contribution in [1.82, 2.24) is 5.32 Å². The van der Waals surface area contributed by atoms with Gasteiger partial charge in [0.2, 0.25) is 5.91 Å². The fourth-order valence-corrected chi connectivity index (χ4v) is 3.80. The molecular formula is C18H17F2NO3S. The molecule has 0 radical (unpaired) electrons. The molecule has 1 heterocycles. The third kappa shape index (κ3) is 4.49. The van der Waals surface area contributed by atoms with Crippen LogP contribution in [-0.4, -0.2) is 29.4 Å². The second-order valence-corrected chi connectivity index (χ2v) is 6.92. The first-order valence-corrected chi connectivity index (χ1v) is 8.87. The summed E-state index contributed by atoms with van der Waals surface area (Å²) in [6, 6.07) is 9.57. The van der Waals surface area contributed by atoms with Gasteiger partial charge in [0.05, 0.1) is 12.6 Å². The monoisotopic (exact) mass is 365 g/mol. The first-order chi connectivity index (χ1) is 12.0. The lowest BCUT2D eigenvalue weighted by atomic mass is 10.1. The van der Waals surface area contributed by atoms with Crippen LogP contribution < -0.4 is 10.1 Å². The van der Waals surface area contributed by atoms with Crippen LogP contribution in [0.1, 0.15) is 17.2 Å². The van der Waals surface area contributed by atoms with Crippen molar-refractivity contribution in [2.75, 3.05) is 12.4 Å². The Morgan fingerprint density at radius 3 is 2.44 bits per heavy atom. The molecule has 2 N–H and O–H groups in total. The summed E-state index contributed by atoms with van der Waals surface area (Å²) in [5.74, 6) is -0.315. The van der Waals surface area contributed by atoms with E-state index in [0.29, 0.717) is 5.75 Å². The molecular weight excluding hydrogens is 348 g/mol. The lowest BCUT2D eigenvalue weighted by Gasteiger charge is -2.15. The number of hydrogen-bond acceptors (Lipinski definition) is 4. The molecule has 0 bridgehead atoms. The second-order valence-electron chi connectivity index (χ2n) is 5.70. The second kappa shape index (κ2) is 7.84. The van der Waals surface area contributed by atoms with E-state index >= 15 is 0 Å². The van der Waals surface area contributed by atoms with Crippen molar-refractivity contribution in [3.63, 3.8) is 0 Å². The molecule has 4 nitrogen and oxygen atoms in total. The summed E-state index contributed by atoms with van der Waals surface area (Å²) < 4.78 is 31.8. The standard InChI is InChI=1S/C18H17F2NO3S/c19-12-7-13(20)9-16(8-12)24-15-3-1-11(2-4-15)17-18(23)21-14(10-22)5-6-25-17/h1-4,7-9,14,17,22H,5-6,10H2,(H,21,23)/t14-,17+/m0/s1. The quantitative estimate of drug-likeness (QED) is 0.872. The number of carbonyl (C=O) groups excluding carboxylic acids is 1. The summed E-state index contributed by atoms with van der Waals surface area (Å²) in [5, 5.41) is 11.7. The maximum Gasteiger partial charge on any atom is 0.237 e. The summed E-state index contributed by atoms with van der Waals surface area (Å²) in [6.07, 6.45) is 0.718. The third-order valence-corrected chi connectivity index (χ3v) is 5.10. The number of hydrogen-bond donors (Lipinski definition) is 2. The number of carbonyl (C=O) groups is 1. The van der Waals surface area contributed by atoms with Crippen LogP contribution in [0.4, 0.5) is 8.78 Å². The summed E-state index contributed by atoms with van der Waals surface area (Å²) in [6.45, 7) is -0.0734. The third-order valence-electron chi connectivity index (χ3n) is 3.81. The molecule has 25 heavy (non-hydrogen) atoms. The topological polar surface area (TPSA) is 58.6 Å². The van der Waals surface area contributed by atoms with Crippen molar-refractivity contribution in [1.29, 1.82) is 0 Å². The molecule has 0 aromatic heterocycles. The molecule has 0 saturated carbocycles. The Balaban J connectivity index is 1.72. The highest BCUT2D eigenvalue weighted by atomic mass is 32.2. The maximum absolute atomic E-state index is 13.2. The van der Waals surface area contributed by atoms with Gasteiger partial charge in [0.15, 0.2) is 0 Å². The van der Waals surface area contributed by atoms with Crippen LogP contribution in [0.2, 0.25) is 0 Å². The molecule has 1 amide bonds. The van der Waals surface area contributed by atoms with E-state index in [0.717, 1.165) is 35.9 Å². The van der Waals surface area contributed by atoms with Crippen molar-refractivity contribution < 1.29 is 23.4 Å². The molecule has 2 aromatic carbocycles. The van der Waals surface area contributed by atoms with Crippen LogP contribution in [0, 0.1) is 11.6 Å². The van der Waals surface area contributed by atoms with Gasteiger partial charge in [-0.05, 0) is 29.9 Å². The van der Waals surface area contributed by atoms with Gasteiger partial charge in [-0.1, -0.05) is 12.1 Å². The Morgan fingerprint density at radius 2 is 1.80 bits per heavy atom. The van der Waals surface area contributed by atoms with Gasteiger partial charge in [0, 0.05) is 18.2 Å². The number of amides is 1. The highest BCUT2D eigenvalue weighted by molar-refractivity contribution is 8.00. The SMILES string of the molecule is O=C1N[C@H](CO)CCS[C@@H]1c1ccc(Oc2cc(F)cc(F)c2)cc1. The molecule has 3 rings (SSSR count). The van der Waals surface area contributed by atoms with E-state index in [-0.39, 0.29) is 29.6 Å². The average Bonchev–Trinajstić information content (AvgIpc) is 2.76. The Morgan fingerprint density at radius 1 is 1.12 bits per heavy atom. The van der Waals surface area contributed by atoms with E-state index < -0.39 is 11.6 Å². The zero-order chi connectivity index (χ0) is 17.8. The van der Waals surface area contributed by atoms with E-state index in [1.165, 1.54) is 11.8 Å². The molecule has 0 spiro atoms. The highest BCUT2D eigenvalue weighted by Crippen LogP contribution is 2.33. The molecule has 2 atom stereocenters. The van der Waals surface area contributed by atoms with Gasteiger partial charge in [-0.25, -0.2) is 8.78 Å². The van der Waals surface area contributed by atoms with Gasteiger partial charge >= 0.3 is 0 Å². The van der Waals surface area contributed by atoms with E-state index in [2.05, 4.69) is 5.32 Å². The normalized spacial score (nSPS) is 20.7. The number of thioether (sulfide) groups is 1. The van der Waals surface area contributed by atoms with Gasteiger partial charge < -0.3 is 15.2 Å². The van der Waals surface area contributed by atoms with E-state index in [1.807, 2.05) is 0 Å². The molecule has 132 valence electrons. The summed E-state index contributed by atoms with van der Waals surface area (Å²) >= 11 is 1.51. The minimum Gasteiger partial charge on any atom is -0.457 e. The minimum atomic E-state index is -0.711. The van der Waals surface area contributed by atoms with E-state index in [9.17, 15) is 18.7 Å². The first kappa shape index (κ1) is 17.7. The fourth-order valence-electron chi connectivity index (χ4n) is 2.57. The van der Waals surface area contributed by atoms with Crippen molar-refractivity contribution in [2.45, 2.75) is 17.7 Å². The van der Waals surface area contributed by atoms with Crippen molar-refractivity contribution in [3.05, 3.63) is 59.7 Å². The smallest absolute Gasteiger partial charge is 0.237 e. The van der Waals surface area contributed by atoms with Gasteiger partial charge in [0.1, 0.15) is 28.4 Å². The Bertz CT molecular complexity index is 734. The lowest BCUT2D eigenvalue weighted by molar-refractivity contribution is -0.121. The largest absolute Gasteiger partial charge is 0.457 e. The van der Waals surface area contributed by atoms with Crippen molar-refractivity contribution in [3.8, 4) is 11.5 Å². The van der Waals surface area contributed by atoms with E-state index in [4.69, 9.17) is 4.74 Å². The van der Waals surface area contributed by atoms with Crippen LogP contribution >= 0.6 is 11.8 Å². The lowest BCUT2D eigenvalue weighted by Crippen LogP contribution is -2.37. The zero-order valence-electron chi connectivity index (χ0n) is 13.2. The molecule has 0 aliphatic carbocycles. The van der Waals surface area contributed by atoms with Crippen molar-refractivity contribution >= 4 is 17.7 Å². The van der Waals surface area contributed by atoms with Crippen LogP contribution in [0.15, 0.2) is 42.5 Å². The molecule has 1 saturated heterocycles. The van der Waals surface area contributed by atoms with Crippen LogP contribution in [0.3, 0.4) is 0 Å². The molecule has 2 aromatic rings. The van der Waals surface area contributed by atoms with Crippen LogP contribution in [-0.2, 0) is 4.79 Å². The molecule has 1 aliphatic heterocycles.